The highest BCUT2D eigenvalue weighted by Crippen LogP contribution is 2.48. The van der Waals surface area contributed by atoms with Crippen molar-refractivity contribution in [2.24, 2.45) is 17.8 Å². The van der Waals surface area contributed by atoms with Gasteiger partial charge in [-0.15, -0.1) is 0 Å². The SMILES string of the molecule is CN(CC1CC2CCC1C2)C(=O)c1ccc(N)c(F)c1. The van der Waals surface area contributed by atoms with Gasteiger partial charge in [0.1, 0.15) is 5.82 Å². The maximum absolute atomic E-state index is 13.4. The van der Waals surface area contributed by atoms with Gasteiger partial charge in [0.25, 0.3) is 5.91 Å². The molecular formula is C16H21FN2O. The van der Waals surface area contributed by atoms with Crippen molar-refractivity contribution in [1.82, 2.24) is 4.90 Å². The predicted molar refractivity (Wildman–Crippen MR) is 76.7 cm³/mol. The summed E-state index contributed by atoms with van der Waals surface area (Å²) in [5.41, 5.74) is 5.90. The van der Waals surface area contributed by atoms with E-state index in [1.54, 1.807) is 11.0 Å². The van der Waals surface area contributed by atoms with Gasteiger partial charge in [0.2, 0.25) is 0 Å². The minimum Gasteiger partial charge on any atom is -0.396 e. The number of carbonyl (C=O) groups is 1. The van der Waals surface area contributed by atoms with Crippen LogP contribution in [0.2, 0.25) is 0 Å². The summed E-state index contributed by atoms with van der Waals surface area (Å²) in [4.78, 5) is 14.1. The number of nitrogens with zero attached hydrogens (tertiary/aromatic N) is 1. The van der Waals surface area contributed by atoms with Crippen LogP contribution in [0.25, 0.3) is 0 Å². The molecule has 2 aliphatic rings. The number of amides is 1. The van der Waals surface area contributed by atoms with Crippen LogP contribution >= 0.6 is 0 Å². The number of benzene rings is 1. The van der Waals surface area contributed by atoms with Crippen molar-refractivity contribution in [1.29, 1.82) is 0 Å². The second-order valence-electron chi connectivity index (χ2n) is 6.36. The van der Waals surface area contributed by atoms with E-state index in [4.69, 9.17) is 5.73 Å². The third kappa shape index (κ3) is 2.39. The molecule has 0 radical (unpaired) electrons. The Bertz CT molecular complexity index is 531. The topological polar surface area (TPSA) is 46.3 Å². The standard InChI is InChI=1S/C16H21FN2O/c1-19(9-13-7-10-2-3-11(13)6-10)16(20)12-4-5-15(18)14(17)8-12/h4-5,8,10-11,13H,2-3,6-7,9,18H2,1H3. The molecule has 0 heterocycles. The van der Waals surface area contributed by atoms with E-state index in [0.29, 0.717) is 11.5 Å². The monoisotopic (exact) mass is 276 g/mol. The average molecular weight is 276 g/mol. The highest BCUT2D eigenvalue weighted by atomic mass is 19.1. The van der Waals surface area contributed by atoms with Gasteiger partial charge in [-0.25, -0.2) is 4.39 Å². The van der Waals surface area contributed by atoms with E-state index in [0.717, 1.165) is 18.4 Å². The molecule has 3 nitrogen and oxygen atoms in total. The number of rotatable bonds is 3. The van der Waals surface area contributed by atoms with E-state index in [1.165, 1.54) is 37.8 Å². The van der Waals surface area contributed by atoms with Crippen molar-refractivity contribution in [3.05, 3.63) is 29.6 Å². The highest BCUT2D eigenvalue weighted by Gasteiger charge is 2.40. The van der Waals surface area contributed by atoms with Crippen molar-refractivity contribution in [2.75, 3.05) is 19.3 Å². The second kappa shape index (κ2) is 5.08. The summed E-state index contributed by atoms with van der Waals surface area (Å²) in [6, 6.07) is 4.28. The van der Waals surface area contributed by atoms with E-state index < -0.39 is 5.82 Å². The zero-order valence-electron chi connectivity index (χ0n) is 11.8. The van der Waals surface area contributed by atoms with E-state index in [9.17, 15) is 9.18 Å². The quantitative estimate of drug-likeness (QED) is 0.863. The molecule has 1 amide bonds. The van der Waals surface area contributed by atoms with Gasteiger partial charge >= 0.3 is 0 Å². The summed E-state index contributed by atoms with van der Waals surface area (Å²) in [6.45, 7) is 0.784. The Hall–Kier alpha value is -1.58. The van der Waals surface area contributed by atoms with Crippen molar-refractivity contribution in [2.45, 2.75) is 25.7 Å². The summed E-state index contributed by atoms with van der Waals surface area (Å²) in [5, 5.41) is 0. The number of nitrogen functional groups attached to an aromatic ring is 1. The van der Waals surface area contributed by atoms with Crippen LogP contribution in [0, 0.1) is 23.6 Å². The van der Waals surface area contributed by atoms with Crippen LogP contribution in [0.15, 0.2) is 18.2 Å². The molecule has 1 aromatic carbocycles. The van der Waals surface area contributed by atoms with E-state index in [1.807, 2.05) is 7.05 Å². The zero-order valence-corrected chi connectivity index (χ0v) is 11.8. The first-order chi connectivity index (χ1) is 9.54. The number of nitrogens with two attached hydrogens (primary N) is 1. The van der Waals surface area contributed by atoms with Crippen LogP contribution in [0.5, 0.6) is 0 Å². The fourth-order valence-electron chi connectivity index (χ4n) is 3.92. The molecule has 0 spiro atoms. The Kier molecular flexibility index (Phi) is 3.40. The van der Waals surface area contributed by atoms with Crippen molar-refractivity contribution < 1.29 is 9.18 Å². The first kappa shape index (κ1) is 13.4. The number of carbonyl (C=O) groups excluding carboxylic acids is 1. The Morgan fingerprint density at radius 2 is 2.20 bits per heavy atom. The van der Waals surface area contributed by atoms with Gasteiger partial charge < -0.3 is 10.6 Å². The molecule has 1 aromatic rings. The van der Waals surface area contributed by atoms with Crippen LogP contribution in [-0.4, -0.2) is 24.4 Å². The third-order valence-corrected chi connectivity index (χ3v) is 4.99. The summed E-state index contributed by atoms with van der Waals surface area (Å²) in [5.74, 6) is 1.65. The Morgan fingerprint density at radius 3 is 2.80 bits per heavy atom. The van der Waals surface area contributed by atoms with Crippen LogP contribution in [-0.2, 0) is 0 Å². The van der Waals surface area contributed by atoms with Gasteiger partial charge in [-0.2, -0.15) is 0 Å². The number of halogens is 1. The molecule has 2 aliphatic carbocycles. The zero-order chi connectivity index (χ0) is 14.3. The van der Waals surface area contributed by atoms with Gasteiger partial charge in [0.05, 0.1) is 5.69 Å². The molecule has 3 unspecified atom stereocenters. The molecule has 2 N–H and O–H groups in total. The average Bonchev–Trinajstić information content (AvgIpc) is 3.03. The minimum absolute atomic E-state index is 0.0808. The molecule has 2 saturated carbocycles. The largest absolute Gasteiger partial charge is 0.396 e. The number of anilines is 1. The lowest BCUT2D eigenvalue weighted by Gasteiger charge is -2.27. The van der Waals surface area contributed by atoms with Gasteiger partial charge in [0.15, 0.2) is 0 Å². The number of hydrogen-bond acceptors (Lipinski definition) is 2. The summed E-state index contributed by atoms with van der Waals surface area (Å²) in [7, 11) is 1.81. The van der Waals surface area contributed by atoms with Crippen LogP contribution in [0.4, 0.5) is 10.1 Å². The normalized spacial score (nSPS) is 27.8. The Labute approximate surface area is 118 Å². The summed E-state index contributed by atoms with van der Waals surface area (Å²) >= 11 is 0. The lowest BCUT2D eigenvalue weighted by Crippen LogP contribution is -2.33. The lowest BCUT2D eigenvalue weighted by molar-refractivity contribution is 0.0754. The van der Waals surface area contributed by atoms with E-state index in [2.05, 4.69) is 0 Å². The van der Waals surface area contributed by atoms with Crippen molar-refractivity contribution in [3.8, 4) is 0 Å². The van der Waals surface area contributed by atoms with Crippen LogP contribution < -0.4 is 5.73 Å². The highest BCUT2D eigenvalue weighted by molar-refractivity contribution is 5.94. The van der Waals surface area contributed by atoms with Crippen LogP contribution in [0.1, 0.15) is 36.0 Å². The first-order valence-electron chi connectivity index (χ1n) is 7.35. The maximum atomic E-state index is 13.4. The fourth-order valence-corrected chi connectivity index (χ4v) is 3.92. The number of hydrogen-bond donors (Lipinski definition) is 1. The molecule has 3 atom stereocenters. The molecule has 3 rings (SSSR count). The van der Waals surface area contributed by atoms with Crippen molar-refractivity contribution in [3.63, 3.8) is 0 Å². The van der Waals surface area contributed by atoms with E-state index in [-0.39, 0.29) is 11.6 Å². The molecule has 2 fully saturated rings. The molecule has 4 heteroatoms. The maximum Gasteiger partial charge on any atom is 0.253 e. The molecular weight excluding hydrogens is 255 g/mol. The summed E-state index contributed by atoms with van der Waals surface area (Å²) in [6.07, 6.45) is 5.26. The predicted octanol–water partition coefficient (Wildman–Crippen LogP) is 2.92. The molecule has 2 bridgehead atoms. The molecule has 20 heavy (non-hydrogen) atoms. The Balaban J connectivity index is 1.65. The van der Waals surface area contributed by atoms with E-state index >= 15 is 0 Å². The van der Waals surface area contributed by atoms with Crippen LogP contribution in [0.3, 0.4) is 0 Å². The fraction of sp³-hybridized carbons (Fsp3) is 0.562. The Morgan fingerprint density at radius 1 is 1.40 bits per heavy atom. The van der Waals surface area contributed by atoms with Gasteiger partial charge in [0, 0.05) is 19.2 Å². The third-order valence-electron chi connectivity index (χ3n) is 4.99. The van der Waals surface area contributed by atoms with Gasteiger partial charge in [-0.05, 0) is 55.2 Å². The number of fused-ring (bicyclic) bond motifs is 2. The lowest BCUT2D eigenvalue weighted by atomic mass is 9.88. The minimum atomic E-state index is -0.524. The molecule has 108 valence electrons. The molecule has 0 saturated heterocycles. The molecule has 0 aliphatic heterocycles. The second-order valence-corrected chi connectivity index (χ2v) is 6.36. The first-order valence-corrected chi connectivity index (χ1v) is 7.35. The summed E-state index contributed by atoms with van der Waals surface area (Å²) < 4.78 is 13.4. The smallest absolute Gasteiger partial charge is 0.253 e. The van der Waals surface area contributed by atoms with Crippen molar-refractivity contribution >= 4 is 11.6 Å². The van der Waals surface area contributed by atoms with Gasteiger partial charge in [-0.3, -0.25) is 4.79 Å². The molecule has 0 aromatic heterocycles. The van der Waals surface area contributed by atoms with Gasteiger partial charge in [-0.1, -0.05) is 6.42 Å².